The molecule has 2 aromatic carbocycles. The van der Waals surface area contributed by atoms with Gasteiger partial charge >= 0.3 is 5.97 Å². The molecule has 0 saturated carbocycles. The highest BCUT2D eigenvalue weighted by molar-refractivity contribution is 5.97. The van der Waals surface area contributed by atoms with Crippen LogP contribution in [-0.4, -0.2) is 46.4 Å². The summed E-state index contributed by atoms with van der Waals surface area (Å²) in [7, 11) is 0. The van der Waals surface area contributed by atoms with Gasteiger partial charge in [0.05, 0.1) is 17.4 Å². The molecule has 0 radical (unpaired) electrons. The number of rotatable bonds is 14. The molecule has 0 aliphatic carbocycles. The van der Waals surface area contributed by atoms with Gasteiger partial charge in [0, 0.05) is 23.6 Å². The number of aliphatic carboxylic acids is 1. The average molecular weight is 527 g/mol. The lowest BCUT2D eigenvalue weighted by molar-refractivity contribution is -0.137. The van der Waals surface area contributed by atoms with Crippen molar-refractivity contribution in [3.63, 3.8) is 0 Å². The summed E-state index contributed by atoms with van der Waals surface area (Å²) in [6, 6.07) is 7.68. The molecule has 0 aliphatic rings. The molecule has 0 aliphatic heterocycles. The molecule has 1 aromatic heterocycles. The van der Waals surface area contributed by atoms with E-state index >= 15 is 0 Å². The molecule has 0 saturated heterocycles. The number of carboxylic acid groups (broad SMARTS) is 1. The van der Waals surface area contributed by atoms with Gasteiger partial charge in [-0.25, -0.2) is 0 Å². The Hall–Kier alpha value is -3.85. The lowest BCUT2D eigenvalue weighted by Crippen LogP contribution is -2.25. The van der Waals surface area contributed by atoms with E-state index in [1.807, 2.05) is 13.8 Å². The topological polar surface area (TPSA) is 144 Å². The van der Waals surface area contributed by atoms with E-state index in [0.717, 1.165) is 12.8 Å². The molecule has 1 atom stereocenters. The molecule has 9 heteroatoms. The fourth-order valence-electron chi connectivity index (χ4n) is 4.23. The van der Waals surface area contributed by atoms with Crippen molar-refractivity contribution in [2.45, 2.75) is 65.4 Å². The molecule has 204 valence electrons. The number of Topliss-reactive ketones (excluding diaryl/α,β-unsaturated/α-hetero) is 1. The van der Waals surface area contributed by atoms with E-state index in [1.54, 1.807) is 18.2 Å². The number of carboxylic acids is 1. The summed E-state index contributed by atoms with van der Waals surface area (Å²) in [6.45, 7) is 5.08. The molecule has 0 fully saturated rings. The maximum absolute atomic E-state index is 12.6. The van der Waals surface area contributed by atoms with Crippen molar-refractivity contribution in [2.75, 3.05) is 13.2 Å². The second-order valence-electron chi connectivity index (χ2n) is 9.16. The first-order chi connectivity index (χ1) is 18.2. The quantitative estimate of drug-likeness (QED) is 0.260. The van der Waals surface area contributed by atoms with E-state index in [9.17, 15) is 24.6 Å². The fourth-order valence-corrected chi connectivity index (χ4v) is 4.23. The van der Waals surface area contributed by atoms with Crippen LogP contribution >= 0.6 is 0 Å². The Bertz CT molecular complexity index is 1360. The molecule has 1 unspecified atom stereocenters. The molecule has 3 rings (SSSR count). The number of carbonyl (C=O) groups is 2. The van der Waals surface area contributed by atoms with E-state index in [2.05, 4.69) is 0 Å². The number of fused-ring (bicyclic) bond motifs is 1. The van der Waals surface area contributed by atoms with Gasteiger partial charge < -0.3 is 29.2 Å². The number of carbonyl (C=O) groups excluding carboxylic acids is 1. The van der Waals surface area contributed by atoms with Crippen molar-refractivity contribution >= 4 is 22.7 Å². The fraction of sp³-hybridized carbons (Fsp3) is 0.414. The monoisotopic (exact) mass is 526 g/mol. The lowest BCUT2D eigenvalue weighted by Gasteiger charge is -2.18. The number of aromatic hydroxyl groups is 1. The third-order valence-electron chi connectivity index (χ3n) is 6.07. The minimum atomic E-state index is -1.02. The van der Waals surface area contributed by atoms with Gasteiger partial charge in [0.2, 0.25) is 0 Å². The van der Waals surface area contributed by atoms with Gasteiger partial charge in [-0.2, -0.15) is 0 Å². The van der Waals surface area contributed by atoms with E-state index in [0.29, 0.717) is 46.4 Å². The van der Waals surface area contributed by atoms with Crippen LogP contribution in [-0.2, 0) is 24.1 Å². The highest BCUT2D eigenvalue weighted by Gasteiger charge is 2.19. The summed E-state index contributed by atoms with van der Waals surface area (Å²) in [5.74, 6) is -0.208. The Morgan fingerprint density at radius 2 is 1.55 bits per heavy atom. The molecule has 1 heterocycles. The van der Waals surface area contributed by atoms with Gasteiger partial charge in [0.1, 0.15) is 47.9 Å². The van der Waals surface area contributed by atoms with Gasteiger partial charge in [-0.05, 0) is 44.0 Å². The second kappa shape index (κ2) is 13.1. The summed E-state index contributed by atoms with van der Waals surface area (Å²) < 4.78 is 17.6. The standard InChI is InChI=1S/C29H34O9/c1-4-6-22-25(11-9-20(17(3)30)28(22)35)36-15-18(31)16-37-26-12-10-21-24(32)14-19(8-13-27(33)34)38-29(21)23(26)7-5-2/h9-12,14,18,31,35H,4-8,13,15-16H2,1-3H3,(H,33,34). The third kappa shape index (κ3) is 6.92. The van der Waals surface area contributed by atoms with Crippen LogP contribution in [0.3, 0.4) is 0 Å². The number of aryl methyl sites for hydroxylation is 2. The number of benzene rings is 2. The smallest absolute Gasteiger partial charge is 0.303 e. The van der Waals surface area contributed by atoms with Gasteiger partial charge in [-0.1, -0.05) is 26.7 Å². The van der Waals surface area contributed by atoms with Crippen LogP contribution in [0.2, 0.25) is 0 Å². The van der Waals surface area contributed by atoms with Crippen LogP contribution in [0.15, 0.2) is 39.5 Å². The maximum Gasteiger partial charge on any atom is 0.303 e. The number of hydrogen-bond acceptors (Lipinski definition) is 8. The van der Waals surface area contributed by atoms with Crippen molar-refractivity contribution in [1.82, 2.24) is 0 Å². The van der Waals surface area contributed by atoms with Gasteiger partial charge in [-0.3, -0.25) is 14.4 Å². The summed E-state index contributed by atoms with van der Waals surface area (Å²) in [5.41, 5.74) is 1.51. The number of phenolic OH excluding ortho intramolecular Hbond substituents is 1. The van der Waals surface area contributed by atoms with Gasteiger partial charge in [0.25, 0.3) is 0 Å². The summed E-state index contributed by atoms with van der Waals surface area (Å²) in [4.78, 5) is 35.3. The van der Waals surface area contributed by atoms with Crippen molar-refractivity contribution in [2.24, 2.45) is 0 Å². The van der Waals surface area contributed by atoms with Crippen molar-refractivity contribution in [1.29, 1.82) is 0 Å². The second-order valence-corrected chi connectivity index (χ2v) is 9.16. The van der Waals surface area contributed by atoms with Crippen LogP contribution in [0.4, 0.5) is 0 Å². The average Bonchev–Trinajstić information content (AvgIpc) is 2.87. The minimum Gasteiger partial charge on any atom is -0.507 e. The zero-order valence-corrected chi connectivity index (χ0v) is 21.9. The molecule has 3 N–H and O–H groups in total. The maximum atomic E-state index is 12.6. The molecular formula is C29H34O9. The molecule has 0 amide bonds. The van der Waals surface area contributed by atoms with E-state index in [4.69, 9.17) is 19.0 Å². The molecular weight excluding hydrogens is 492 g/mol. The Kier molecular flexibility index (Phi) is 9.90. The Morgan fingerprint density at radius 3 is 2.16 bits per heavy atom. The van der Waals surface area contributed by atoms with E-state index < -0.39 is 12.1 Å². The summed E-state index contributed by atoms with van der Waals surface area (Å²) in [5, 5.41) is 30.4. The number of aliphatic hydroxyl groups excluding tert-OH is 1. The van der Waals surface area contributed by atoms with Crippen molar-refractivity contribution < 1.29 is 38.8 Å². The highest BCUT2D eigenvalue weighted by Crippen LogP contribution is 2.33. The number of ketones is 1. The van der Waals surface area contributed by atoms with Crippen LogP contribution in [0, 0.1) is 0 Å². The largest absolute Gasteiger partial charge is 0.507 e. The van der Waals surface area contributed by atoms with Gasteiger partial charge in [-0.15, -0.1) is 0 Å². The van der Waals surface area contributed by atoms with Crippen molar-refractivity contribution in [3.05, 3.63) is 63.0 Å². The first-order valence-electron chi connectivity index (χ1n) is 12.8. The van der Waals surface area contributed by atoms with E-state index in [-0.39, 0.29) is 54.3 Å². The Labute approximate surface area is 220 Å². The Morgan fingerprint density at radius 1 is 0.947 bits per heavy atom. The molecule has 9 nitrogen and oxygen atoms in total. The first kappa shape index (κ1) is 28.7. The highest BCUT2D eigenvalue weighted by atomic mass is 16.5. The summed E-state index contributed by atoms with van der Waals surface area (Å²) in [6.07, 6.45) is 1.44. The molecule has 3 aromatic rings. The third-order valence-corrected chi connectivity index (χ3v) is 6.07. The Balaban J connectivity index is 1.77. The predicted octanol–water partition coefficient (Wildman–Crippen LogP) is 4.44. The van der Waals surface area contributed by atoms with Crippen LogP contribution in [0.1, 0.15) is 67.3 Å². The van der Waals surface area contributed by atoms with Crippen LogP contribution in [0.5, 0.6) is 17.2 Å². The normalized spacial score (nSPS) is 11.9. The number of hydrogen-bond donors (Lipinski definition) is 3. The molecule has 38 heavy (non-hydrogen) atoms. The first-order valence-corrected chi connectivity index (χ1v) is 12.8. The lowest BCUT2D eigenvalue weighted by atomic mass is 10.0. The number of aliphatic hydroxyl groups is 1. The van der Waals surface area contributed by atoms with Crippen molar-refractivity contribution in [3.8, 4) is 17.2 Å². The van der Waals surface area contributed by atoms with Crippen LogP contribution in [0.25, 0.3) is 11.0 Å². The zero-order chi connectivity index (χ0) is 27.8. The molecule has 0 spiro atoms. The zero-order valence-electron chi connectivity index (χ0n) is 21.9. The van der Waals surface area contributed by atoms with E-state index in [1.165, 1.54) is 19.1 Å². The molecule has 0 bridgehead atoms. The SMILES string of the molecule is CCCc1c(OCC(O)COc2ccc3c(=O)cc(CCC(=O)O)oc3c2CCC)ccc(C(C)=O)c1O. The minimum absolute atomic E-state index is 0.0934. The van der Waals surface area contributed by atoms with Crippen LogP contribution < -0.4 is 14.9 Å². The number of ether oxygens (including phenoxy) is 2. The predicted molar refractivity (Wildman–Crippen MR) is 142 cm³/mol. The number of phenols is 1. The summed E-state index contributed by atoms with van der Waals surface area (Å²) >= 11 is 0. The van der Waals surface area contributed by atoms with Gasteiger partial charge in [0.15, 0.2) is 11.2 Å².